The van der Waals surface area contributed by atoms with Gasteiger partial charge in [-0.05, 0) is 41.8 Å². The van der Waals surface area contributed by atoms with Gasteiger partial charge in [0.1, 0.15) is 0 Å². The molecule has 0 bridgehead atoms. The van der Waals surface area contributed by atoms with Crippen LogP contribution in [0, 0.1) is 16.7 Å². The molecule has 0 saturated heterocycles. The van der Waals surface area contributed by atoms with E-state index in [-0.39, 0.29) is 24.7 Å². The summed E-state index contributed by atoms with van der Waals surface area (Å²) < 4.78 is 0. The molecular formula is C19H20N4O2. The highest BCUT2D eigenvalue weighted by Crippen LogP contribution is 2.26. The highest BCUT2D eigenvalue weighted by Gasteiger charge is 2.25. The zero-order chi connectivity index (χ0) is 18.3. The number of nitriles is 1. The van der Waals surface area contributed by atoms with Crippen LogP contribution >= 0.6 is 0 Å². The van der Waals surface area contributed by atoms with Crippen molar-refractivity contribution in [1.29, 1.82) is 5.26 Å². The fraction of sp³-hybridized carbons (Fsp3) is 0.263. The van der Waals surface area contributed by atoms with Crippen molar-refractivity contribution in [2.75, 3.05) is 10.6 Å². The number of aromatic nitrogens is 1. The number of amides is 2. The molecule has 0 aliphatic rings. The number of benzene rings is 1. The molecule has 2 aromatic rings. The van der Waals surface area contributed by atoms with Crippen LogP contribution in [0.2, 0.25) is 0 Å². The second-order valence-corrected chi connectivity index (χ2v) is 6.54. The number of carbonyl (C=O) groups excluding carboxylic acids is 2. The van der Waals surface area contributed by atoms with Crippen LogP contribution in [0.4, 0.5) is 11.4 Å². The Morgan fingerprint density at radius 2 is 1.64 bits per heavy atom. The number of hydrogen-bond donors (Lipinski definition) is 2. The minimum absolute atomic E-state index is 0.163. The fourth-order valence-corrected chi connectivity index (χ4v) is 2.41. The third-order valence-electron chi connectivity index (χ3n) is 3.52. The molecule has 0 aliphatic heterocycles. The van der Waals surface area contributed by atoms with Crippen molar-refractivity contribution < 1.29 is 9.59 Å². The van der Waals surface area contributed by atoms with Crippen LogP contribution in [0.15, 0.2) is 48.8 Å². The predicted octanol–water partition coefficient (Wildman–Crippen LogP) is 3.34. The summed E-state index contributed by atoms with van der Waals surface area (Å²) in [6.45, 7) is 3.74. The Morgan fingerprint density at radius 3 is 2.16 bits per heavy atom. The third-order valence-corrected chi connectivity index (χ3v) is 3.52. The van der Waals surface area contributed by atoms with Crippen molar-refractivity contribution in [2.45, 2.75) is 26.7 Å². The largest absolute Gasteiger partial charge is 0.326 e. The first kappa shape index (κ1) is 18.1. The van der Waals surface area contributed by atoms with Gasteiger partial charge in [-0.2, -0.15) is 5.26 Å². The standard InChI is InChI=1S/C19H20N4O2/c1-19(2,11-18(25)23-16-4-3-9-21-13-16)10-17(24)22-15-7-5-14(12-20)6-8-15/h3-9,13H,10-11H2,1-2H3,(H,22,24)(H,23,25). The van der Waals surface area contributed by atoms with Crippen LogP contribution < -0.4 is 10.6 Å². The van der Waals surface area contributed by atoms with E-state index in [9.17, 15) is 9.59 Å². The minimum Gasteiger partial charge on any atom is -0.326 e. The molecule has 2 N–H and O–H groups in total. The molecule has 0 saturated carbocycles. The summed E-state index contributed by atoms with van der Waals surface area (Å²) >= 11 is 0. The van der Waals surface area contributed by atoms with Gasteiger partial charge in [0, 0.05) is 24.7 Å². The number of hydrogen-bond acceptors (Lipinski definition) is 4. The second kappa shape index (κ2) is 8.06. The first-order valence-electron chi connectivity index (χ1n) is 7.88. The maximum atomic E-state index is 12.2. The number of nitrogens with zero attached hydrogens (tertiary/aromatic N) is 2. The average Bonchev–Trinajstić information content (AvgIpc) is 2.55. The van der Waals surface area contributed by atoms with Gasteiger partial charge in [-0.1, -0.05) is 13.8 Å². The lowest BCUT2D eigenvalue weighted by atomic mass is 9.85. The van der Waals surface area contributed by atoms with E-state index in [1.807, 2.05) is 19.9 Å². The summed E-state index contributed by atoms with van der Waals surface area (Å²) in [6.07, 6.45) is 3.62. The molecule has 6 heteroatoms. The molecule has 1 aromatic carbocycles. The van der Waals surface area contributed by atoms with Crippen LogP contribution in [0.3, 0.4) is 0 Å². The van der Waals surface area contributed by atoms with Gasteiger partial charge in [0.05, 0.1) is 23.5 Å². The Labute approximate surface area is 146 Å². The van der Waals surface area contributed by atoms with Crippen LogP contribution in [0.5, 0.6) is 0 Å². The SMILES string of the molecule is CC(C)(CC(=O)Nc1ccc(C#N)cc1)CC(=O)Nc1cccnc1. The number of nitrogens with one attached hydrogen (secondary N) is 2. The normalized spacial score (nSPS) is 10.6. The summed E-state index contributed by atoms with van der Waals surface area (Å²) in [6, 6.07) is 12.2. The van der Waals surface area contributed by atoms with E-state index in [0.29, 0.717) is 16.9 Å². The topological polar surface area (TPSA) is 94.9 Å². The number of pyridine rings is 1. The van der Waals surface area contributed by atoms with E-state index in [0.717, 1.165) is 0 Å². The van der Waals surface area contributed by atoms with Gasteiger partial charge in [-0.15, -0.1) is 0 Å². The number of rotatable bonds is 6. The summed E-state index contributed by atoms with van der Waals surface area (Å²) in [5.74, 6) is -0.340. The second-order valence-electron chi connectivity index (χ2n) is 6.54. The molecule has 6 nitrogen and oxygen atoms in total. The van der Waals surface area contributed by atoms with E-state index < -0.39 is 5.41 Å². The highest BCUT2D eigenvalue weighted by molar-refractivity contribution is 5.93. The lowest BCUT2D eigenvalue weighted by molar-refractivity contribution is -0.120. The molecule has 0 fully saturated rings. The lowest BCUT2D eigenvalue weighted by Crippen LogP contribution is -2.27. The number of carbonyl (C=O) groups is 2. The Balaban J connectivity index is 1.87. The van der Waals surface area contributed by atoms with E-state index in [2.05, 4.69) is 15.6 Å². The van der Waals surface area contributed by atoms with Gasteiger partial charge in [0.15, 0.2) is 0 Å². The molecule has 0 spiro atoms. The first-order chi connectivity index (χ1) is 11.9. The van der Waals surface area contributed by atoms with Gasteiger partial charge < -0.3 is 10.6 Å². The molecular weight excluding hydrogens is 316 g/mol. The molecule has 0 unspecified atom stereocenters. The molecule has 0 atom stereocenters. The van der Waals surface area contributed by atoms with Crippen molar-refractivity contribution in [3.05, 3.63) is 54.4 Å². The van der Waals surface area contributed by atoms with E-state index in [4.69, 9.17) is 5.26 Å². The maximum Gasteiger partial charge on any atom is 0.224 e. The van der Waals surface area contributed by atoms with Crippen LogP contribution in [-0.2, 0) is 9.59 Å². The van der Waals surface area contributed by atoms with E-state index in [1.165, 1.54) is 0 Å². The molecule has 25 heavy (non-hydrogen) atoms. The Bertz CT molecular complexity index is 777. The number of anilines is 2. The molecule has 1 heterocycles. The molecule has 0 radical (unpaired) electrons. The Kier molecular flexibility index (Phi) is 5.85. The fourth-order valence-electron chi connectivity index (χ4n) is 2.41. The van der Waals surface area contributed by atoms with Gasteiger partial charge in [-0.3, -0.25) is 14.6 Å². The van der Waals surface area contributed by atoms with Crippen LogP contribution in [0.25, 0.3) is 0 Å². The zero-order valence-corrected chi connectivity index (χ0v) is 14.2. The molecule has 2 amide bonds. The molecule has 0 aliphatic carbocycles. The van der Waals surface area contributed by atoms with Crippen molar-refractivity contribution >= 4 is 23.2 Å². The van der Waals surface area contributed by atoms with Gasteiger partial charge in [0.25, 0.3) is 0 Å². The van der Waals surface area contributed by atoms with Gasteiger partial charge in [0.2, 0.25) is 11.8 Å². The lowest BCUT2D eigenvalue weighted by Gasteiger charge is -2.23. The smallest absolute Gasteiger partial charge is 0.224 e. The quantitative estimate of drug-likeness (QED) is 0.846. The third kappa shape index (κ3) is 6.07. The summed E-state index contributed by atoms with van der Waals surface area (Å²) in [5, 5.41) is 14.3. The van der Waals surface area contributed by atoms with E-state index in [1.54, 1.807) is 48.8 Å². The summed E-state index contributed by atoms with van der Waals surface area (Å²) in [5.41, 5.74) is 1.29. The zero-order valence-electron chi connectivity index (χ0n) is 14.2. The van der Waals surface area contributed by atoms with Crippen LogP contribution in [-0.4, -0.2) is 16.8 Å². The summed E-state index contributed by atoms with van der Waals surface area (Å²) in [4.78, 5) is 28.3. The van der Waals surface area contributed by atoms with Crippen LogP contribution in [0.1, 0.15) is 32.3 Å². The maximum absolute atomic E-state index is 12.2. The summed E-state index contributed by atoms with van der Waals surface area (Å²) in [7, 11) is 0. The monoisotopic (exact) mass is 336 g/mol. The van der Waals surface area contributed by atoms with Crippen molar-refractivity contribution in [3.63, 3.8) is 0 Å². The van der Waals surface area contributed by atoms with Gasteiger partial charge in [-0.25, -0.2) is 0 Å². The minimum atomic E-state index is -0.497. The highest BCUT2D eigenvalue weighted by atomic mass is 16.2. The first-order valence-corrected chi connectivity index (χ1v) is 7.88. The van der Waals surface area contributed by atoms with E-state index >= 15 is 0 Å². The van der Waals surface area contributed by atoms with Crippen molar-refractivity contribution in [3.8, 4) is 6.07 Å². The average molecular weight is 336 g/mol. The van der Waals surface area contributed by atoms with Crippen molar-refractivity contribution in [1.82, 2.24) is 4.98 Å². The Morgan fingerprint density at radius 1 is 1.04 bits per heavy atom. The van der Waals surface area contributed by atoms with Gasteiger partial charge >= 0.3 is 0 Å². The molecule has 2 rings (SSSR count). The van der Waals surface area contributed by atoms with Crippen molar-refractivity contribution in [2.24, 2.45) is 5.41 Å². The predicted molar refractivity (Wildman–Crippen MR) is 95.7 cm³/mol. The Hall–Kier alpha value is -3.20. The molecule has 128 valence electrons. The molecule has 1 aromatic heterocycles.